The number of carbonyl (C=O) groups excluding carboxylic acids is 2. The monoisotopic (exact) mass is 368 g/mol. The summed E-state index contributed by atoms with van der Waals surface area (Å²) >= 11 is 3.34. The summed E-state index contributed by atoms with van der Waals surface area (Å²) in [6.07, 6.45) is 1.65. The van der Waals surface area contributed by atoms with Crippen LogP contribution in [0.4, 0.5) is 4.79 Å². The minimum atomic E-state index is -0.585. The van der Waals surface area contributed by atoms with Crippen molar-refractivity contribution in [1.29, 1.82) is 0 Å². The fraction of sp³-hybridized carbons (Fsp3) is 0.375. The summed E-state index contributed by atoms with van der Waals surface area (Å²) in [6.45, 7) is 9.07. The van der Waals surface area contributed by atoms with Crippen molar-refractivity contribution in [2.75, 3.05) is 0 Å². The van der Waals surface area contributed by atoms with Crippen molar-refractivity contribution in [2.24, 2.45) is 5.73 Å². The van der Waals surface area contributed by atoms with E-state index in [-0.39, 0.29) is 6.04 Å². The lowest BCUT2D eigenvalue weighted by Crippen LogP contribution is -2.35. The van der Waals surface area contributed by atoms with Crippen LogP contribution < -0.4 is 11.1 Å². The van der Waals surface area contributed by atoms with Gasteiger partial charge in [-0.15, -0.1) is 6.58 Å². The van der Waals surface area contributed by atoms with E-state index in [0.29, 0.717) is 16.5 Å². The average molecular weight is 369 g/mol. The Morgan fingerprint density at radius 1 is 1.41 bits per heavy atom. The molecule has 0 fully saturated rings. The lowest BCUT2D eigenvalue weighted by atomic mass is 10.0. The van der Waals surface area contributed by atoms with E-state index in [1.54, 1.807) is 39.0 Å². The first kappa shape index (κ1) is 18.2. The highest BCUT2D eigenvalue weighted by Gasteiger charge is 2.20. The van der Waals surface area contributed by atoms with Gasteiger partial charge in [-0.2, -0.15) is 0 Å². The molecule has 5 nitrogen and oxygen atoms in total. The van der Waals surface area contributed by atoms with Crippen molar-refractivity contribution in [2.45, 2.75) is 38.8 Å². The van der Waals surface area contributed by atoms with Gasteiger partial charge in [0.05, 0.1) is 6.04 Å². The minimum Gasteiger partial charge on any atom is -0.444 e. The summed E-state index contributed by atoms with van der Waals surface area (Å²) < 4.78 is 5.96. The van der Waals surface area contributed by atoms with E-state index in [1.807, 2.05) is 6.07 Å². The highest BCUT2D eigenvalue weighted by Crippen LogP contribution is 2.24. The van der Waals surface area contributed by atoms with Crippen LogP contribution in [-0.2, 0) is 4.74 Å². The molecule has 3 N–H and O–H groups in total. The molecular formula is C16H21BrN2O3. The van der Waals surface area contributed by atoms with Gasteiger partial charge in [0, 0.05) is 10.0 Å². The zero-order valence-corrected chi connectivity index (χ0v) is 14.6. The van der Waals surface area contributed by atoms with Gasteiger partial charge in [0.1, 0.15) is 5.60 Å². The van der Waals surface area contributed by atoms with Gasteiger partial charge in [0.2, 0.25) is 5.91 Å². The van der Waals surface area contributed by atoms with E-state index >= 15 is 0 Å². The molecule has 0 aliphatic rings. The molecule has 0 heterocycles. The summed E-state index contributed by atoms with van der Waals surface area (Å²) in [5.41, 5.74) is 5.84. The summed E-state index contributed by atoms with van der Waals surface area (Å²) in [7, 11) is 0. The molecule has 1 atom stereocenters. The lowest BCUT2D eigenvalue weighted by Gasteiger charge is -2.23. The molecule has 0 saturated carbocycles. The van der Waals surface area contributed by atoms with Crippen LogP contribution in [-0.4, -0.2) is 17.6 Å². The first-order valence-corrected chi connectivity index (χ1v) is 7.62. The maximum atomic E-state index is 11.9. The second kappa shape index (κ2) is 7.45. The van der Waals surface area contributed by atoms with Crippen LogP contribution in [0.15, 0.2) is 35.3 Å². The molecule has 1 unspecified atom stereocenters. The van der Waals surface area contributed by atoms with Gasteiger partial charge in [0.25, 0.3) is 0 Å². The number of primary amides is 1. The van der Waals surface area contributed by atoms with E-state index in [0.717, 1.165) is 5.56 Å². The standard InChI is InChI=1S/C16H21BrN2O3/c1-5-6-13(19-15(21)22-16(2,3)4)10-7-11(14(18)20)9-12(17)8-10/h5,7-9,13H,1,6H2,2-4H3,(H2,18,20)(H,19,21). The number of alkyl carbamates (subject to hydrolysis) is 1. The van der Waals surface area contributed by atoms with Gasteiger partial charge >= 0.3 is 6.09 Å². The van der Waals surface area contributed by atoms with Crippen LogP contribution in [0.5, 0.6) is 0 Å². The van der Waals surface area contributed by atoms with Crippen LogP contribution in [0.25, 0.3) is 0 Å². The molecular weight excluding hydrogens is 348 g/mol. The number of ether oxygens (including phenoxy) is 1. The molecule has 1 aromatic rings. The van der Waals surface area contributed by atoms with Crippen LogP contribution in [0.2, 0.25) is 0 Å². The predicted octanol–water partition coefficient (Wildman–Crippen LogP) is 3.69. The molecule has 0 saturated heterocycles. The predicted molar refractivity (Wildman–Crippen MR) is 89.6 cm³/mol. The Morgan fingerprint density at radius 2 is 2.05 bits per heavy atom. The van der Waals surface area contributed by atoms with Gasteiger partial charge in [-0.25, -0.2) is 4.79 Å². The summed E-state index contributed by atoms with van der Waals surface area (Å²) in [5.74, 6) is -0.530. The number of carbonyl (C=O) groups is 2. The Labute approximate surface area is 139 Å². The van der Waals surface area contributed by atoms with Crippen LogP contribution in [0.1, 0.15) is 49.2 Å². The zero-order chi connectivity index (χ0) is 16.9. The SMILES string of the molecule is C=CCC(NC(=O)OC(C)(C)C)c1cc(Br)cc(C(N)=O)c1. The molecule has 0 aromatic heterocycles. The fourth-order valence-corrected chi connectivity index (χ4v) is 2.36. The molecule has 0 spiro atoms. The average Bonchev–Trinajstić information content (AvgIpc) is 2.35. The third kappa shape index (κ3) is 5.89. The second-order valence-corrected chi connectivity index (χ2v) is 6.78. The molecule has 0 radical (unpaired) electrons. The van der Waals surface area contributed by atoms with E-state index in [2.05, 4.69) is 27.8 Å². The quantitative estimate of drug-likeness (QED) is 0.777. The van der Waals surface area contributed by atoms with Crippen molar-refractivity contribution < 1.29 is 14.3 Å². The number of hydrogen-bond donors (Lipinski definition) is 2. The summed E-state index contributed by atoms with van der Waals surface area (Å²) in [6, 6.07) is 4.74. The molecule has 0 aliphatic carbocycles. The number of rotatable bonds is 5. The minimum absolute atomic E-state index is 0.358. The second-order valence-electron chi connectivity index (χ2n) is 5.86. The highest BCUT2D eigenvalue weighted by atomic mass is 79.9. The summed E-state index contributed by atoms with van der Waals surface area (Å²) in [5, 5.41) is 2.78. The Bertz CT molecular complexity index is 579. The Morgan fingerprint density at radius 3 is 2.55 bits per heavy atom. The Balaban J connectivity index is 3.02. The first-order chi connectivity index (χ1) is 10.1. The number of amides is 2. The van der Waals surface area contributed by atoms with E-state index in [4.69, 9.17) is 10.5 Å². The lowest BCUT2D eigenvalue weighted by molar-refractivity contribution is 0.0504. The third-order valence-corrected chi connectivity index (χ3v) is 3.16. The molecule has 0 bridgehead atoms. The van der Waals surface area contributed by atoms with Crippen molar-refractivity contribution in [3.63, 3.8) is 0 Å². The maximum absolute atomic E-state index is 11.9. The molecule has 1 aromatic carbocycles. The Kier molecular flexibility index (Phi) is 6.17. The number of halogens is 1. The molecule has 120 valence electrons. The van der Waals surface area contributed by atoms with Gasteiger partial charge in [-0.3, -0.25) is 4.79 Å². The first-order valence-electron chi connectivity index (χ1n) is 6.83. The molecule has 1 rings (SSSR count). The normalized spacial score (nSPS) is 12.4. The number of nitrogens with one attached hydrogen (secondary N) is 1. The zero-order valence-electron chi connectivity index (χ0n) is 13.0. The van der Waals surface area contributed by atoms with E-state index < -0.39 is 17.6 Å². The van der Waals surface area contributed by atoms with Crippen molar-refractivity contribution in [3.05, 3.63) is 46.5 Å². The summed E-state index contributed by atoms with van der Waals surface area (Å²) in [4.78, 5) is 23.3. The molecule has 2 amide bonds. The Hall–Kier alpha value is -1.82. The number of nitrogens with two attached hydrogens (primary N) is 1. The van der Waals surface area contributed by atoms with Gasteiger partial charge in [-0.1, -0.05) is 22.0 Å². The maximum Gasteiger partial charge on any atom is 0.408 e. The van der Waals surface area contributed by atoms with Crippen molar-refractivity contribution >= 4 is 27.9 Å². The van der Waals surface area contributed by atoms with Gasteiger partial charge < -0.3 is 15.8 Å². The van der Waals surface area contributed by atoms with Crippen molar-refractivity contribution in [3.8, 4) is 0 Å². The largest absolute Gasteiger partial charge is 0.444 e. The third-order valence-electron chi connectivity index (χ3n) is 2.70. The van der Waals surface area contributed by atoms with Crippen LogP contribution in [0.3, 0.4) is 0 Å². The van der Waals surface area contributed by atoms with Gasteiger partial charge in [-0.05, 0) is 51.0 Å². The molecule has 6 heteroatoms. The van der Waals surface area contributed by atoms with Crippen LogP contribution >= 0.6 is 15.9 Å². The molecule has 0 aliphatic heterocycles. The van der Waals surface area contributed by atoms with Crippen LogP contribution in [0, 0.1) is 0 Å². The topological polar surface area (TPSA) is 81.4 Å². The number of hydrogen-bond acceptors (Lipinski definition) is 3. The molecule has 22 heavy (non-hydrogen) atoms. The highest BCUT2D eigenvalue weighted by molar-refractivity contribution is 9.10. The van der Waals surface area contributed by atoms with Gasteiger partial charge in [0.15, 0.2) is 0 Å². The van der Waals surface area contributed by atoms with E-state index in [1.165, 1.54) is 0 Å². The fourth-order valence-electron chi connectivity index (χ4n) is 1.85. The number of benzene rings is 1. The van der Waals surface area contributed by atoms with Crippen molar-refractivity contribution in [1.82, 2.24) is 5.32 Å². The smallest absolute Gasteiger partial charge is 0.408 e. The van der Waals surface area contributed by atoms with E-state index in [9.17, 15) is 9.59 Å².